The maximum absolute atomic E-state index is 12.6. The molecule has 0 spiro atoms. The Balaban J connectivity index is 1.53. The van der Waals surface area contributed by atoms with Gasteiger partial charge >= 0.3 is 6.03 Å². The summed E-state index contributed by atoms with van der Waals surface area (Å²) in [4.78, 5) is 26.5. The van der Waals surface area contributed by atoms with E-state index in [9.17, 15) is 9.59 Å². The molecular weight excluding hydrogens is 410 g/mol. The van der Waals surface area contributed by atoms with Crippen molar-refractivity contribution in [3.63, 3.8) is 0 Å². The third-order valence-electron chi connectivity index (χ3n) is 4.88. The number of carbonyl (C=O) groups excluding carboxylic acids is 2. The van der Waals surface area contributed by atoms with Crippen LogP contribution in [0.4, 0.5) is 4.79 Å². The first-order valence-corrected chi connectivity index (χ1v) is 10.5. The first-order valence-electron chi connectivity index (χ1n) is 10.2. The van der Waals surface area contributed by atoms with E-state index in [0.29, 0.717) is 11.6 Å². The lowest BCUT2D eigenvalue weighted by atomic mass is 9.98. The van der Waals surface area contributed by atoms with E-state index < -0.39 is 0 Å². The quantitative estimate of drug-likeness (QED) is 0.535. The molecular formula is C25H26ClN3O2. The molecule has 0 aliphatic rings. The van der Waals surface area contributed by atoms with E-state index in [0.717, 1.165) is 16.7 Å². The van der Waals surface area contributed by atoms with Gasteiger partial charge in [-0.1, -0.05) is 84.4 Å². The molecule has 0 fully saturated rings. The van der Waals surface area contributed by atoms with Gasteiger partial charge in [-0.15, -0.1) is 0 Å². The number of hydrogen-bond acceptors (Lipinski definition) is 2. The van der Waals surface area contributed by atoms with E-state index in [1.165, 1.54) is 0 Å². The first-order chi connectivity index (χ1) is 15.0. The fourth-order valence-corrected chi connectivity index (χ4v) is 3.37. The number of urea groups is 1. The van der Waals surface area contributed by atoms with Crippen molar-refractivity contribution in [3.8, 4) is 0 Å². The van der Waals surface area contributed by atoms with Crippen LogP contribution >= 0.6 is 11.6 Å². The highest BCUT2D eigenvalue weighted by molar-refractivity contribution is 6.30. The average molecular weight is 436 g/mol. The van der Waals surface area contributed by atoms with E-state index >= 15 is 0 Å². The van der Waals surface area contributed by atoms with Crippen molar-refractivity contribution >= 4 is 23.5 Å². The van der Waals surface area contributed by atoms with Gasteiger partial charge in [0.2, 0.25) is 5.91 Å². The monoisotopic (exact) mass is 435 g/mol. The van der Waals surface area contributed by atoms with Crippen molar-refractivity contribution in [1.82, 2.24) is 15.5 Å². The van der Waals surface area contributed by atoms with Gasteiger partial charge in [-0.3, -0.25) is 4.79 Å². The number of carbonyl (C=O) groups is 2. The van der Waals surface area contributed by atoms with Gasteiger partial charge in [0.15, 0.2) is 0 Å². The molecule has 0 aliphatic heterocycles. The third-order valence-corrected chi connectivity index (χ3v) is 5.13. The van der Waals surface area contributed by atoms with Crippen LogP contribution in [0.25, 0.3) is 0 Å². The smallest absolute Gasteiger partial charge is 0.317 e. The van der Waals surface area contributed by atoms with Crippen molar-refractivity contribution in [1.29, 1.82) is 0 Å². The Labute approximate surface area is 188 Å². The van der Waals surface area contributed by atoms with E-state index in [1.54, 1.807) is 11.9 Å². The molecule has 0 bridgehead atoms. The van der Waals surface area contributed by atoms with Crippen molar-refractivity contribution in [2.75, 3.05) is 13.6 Å². The molecule has 5 nitrogen and oxygen atoms in total. The summed E-state index contributed by atoms with van der Waals surface area (Å²) < 4.78 is 0. The molecule has 2 N–H and O–H groups in total. The molecule has 0 saturated carbocycles. The summed E-state index contributed by atoms with van der Waals surface area (Å²) in [5.74, 6) is -0.144. The van der Waals surface area contributed by atoms with Crippen LogP contribution in [0.3, 0.4) is 0 Å². The highest BCUT2D eigenvalue weighted by Gasteiger charge is 2.17. The second-order valence-corrected chi connectivity index (χ2v) is 7.72. The highest BCUT2D eigenvalue weighted by Crippen LogP contribution is 2.23. The molecule has 3 amide bonds. The Kier molecular flexibility index (Phi) is 8.07. The van der Waals surface area contributed by atoms with E-state index in [1.807, 2.05) is 84.9 Å². The van der Waals surface area contributed by atoms with Crippen molar-refractivity contribution in [2.45, 2.75) is 19.0 Å². The number of rotatable bonds is 8. The zero-order chi connectivity index (χ0) is 22.1. The third kappa shape index (κ3) is 6.86. The van der Waals surface area contributed by atoms with Gasteiger partial charge in [0.25, 0.3) is 0 Å². The molecule has 1 atom stereocenters. The average Bonchev–Trinajstić information content (AvgIpc) is 2.79. The lowest BCUT2D eigenvalue weighted by Gasteiger charge is -2.21. The molecule has 0 aliphatic carbocycles. The minimum Gasteiger partial charge on any atom is -0.345 e. The van der Waals surface area contributed by atoms with Crippen LogP contribution in [-0.4, -0.2) is 30.4 Å². The van der Waals surface area contributed by atoms with Gasteiger partial charge < -0.3 is 15.5 Å². The minimum absolute atomic E-state index is 0.144. The number of nitrogens with one attached hydrogen (secondary N) is 2. The summed E-state index contributed by atoms with van der Waals surface area (Å²) in [6, 6.07) is 26.4. The zero-order valence-corrected chi connectivity index (χ0v) is 18.2. The first kappa shape index (κ1) is 22.4. The predicted molar refractivity (Wildman–Crippen MR) is 124 cm³/mol. The van der Waals surface area contributed by atoms with Crippen LogP contribution in [0.5, 0.6) is 0 Å². The Hall–Kier alpha value is -3.31. The minimum atomic E-state index is -0.289. The van der Waals surface area contributed by atoms with Crippen LogP contribution in [0.2, 0.25) is 5.02 Å². The molecule has 3 aromatic carbocycles. The van der Waals surface area contributed by atoms with Gasteiger partial charge in [-0.25, -0.2) is 4.79 Å². The summed E-state index contributed by atoms with van der Waals surface area (Å²) in [5, 5.41) is 6.51. The molecule has 0 radical (unpaired) electrons. The Morgan fingerprint density at radius 1 is 0.871 bits per heavy atom. The largest absolute Gasteiger partial charge is 0.345 e. The fourth-order valence-electron chi connectivity index (χ4n) is 3.24. The molecule has 0 heterocycles. The lowest BCUT2D eigenvalue weighted by Crippen LogP contribution is -2.39. The summed E-state index contributed by atoms with van der Waals surface area (Å²) in [6.07, 6.45) is 0.182. The van der Waals surface area contributed by atoms with Gasteiger partial charge in [0.05, 0.1) is 6.04 Å². The summed E-state index contributed by atoms with van der Waals surface area (Å²) >= 11 is 6.01. The van der Waals surface area contributed by atoms with Crippen molar-refractivity contribution in [3.05, 3.63) is 107 Å². The predicted octanol–water partition coefficient (Wildman–Crippen LogP) is 4.78. The molecule has 31 heavy (non-hydrogen) atoms. The number of benzene rings is 3. The highest BCUT2D eigenvalue weighted by atomic mass is 35.5. The van der Waals surface area contributed by atoms with Crippen molar-refractivity contribution in [2.24, 2.45) is 0 Å². The molecule has 3 rings (SSSR count). The number of halogens is 1. The van der Waals surface area contributed by atoms with Crippen LogP contribution in [-0.2, 0) is 11.3 Å². The summed E-state index contributed by atoms with van der Waals surface area (Å²) in [5.41, 5.74) is 2.96. The SMILES string of the molecule is CN(Cc1ccccc1)C(=O)NCCC(=O)NC(c1ccccc1)c1ccc(Cl)cc1. The van der Waals surface area contributed by atoms with Gasteiger partial charge in [-0.05, 0) is 28.8 Å². The van der Waals surface area contributed by atoms with Gasteiger partial charge in [0.1, 0.15) is 0 Å². The van der Waals surface area contributed by atoms with E-state index in [4.69, 9.17) is 11.6 Å². The van der Waals surface area contributed by atoms with Crippen LogP contribution in [0.1, 0.15) is 29.2 Å². The lowest BCUT2D eigenvalue weighted by molar-refractivity contribution is -0.121. The van der Waals surface area contributed by atoms with Crippen molar-refractivity contribution < 1.29 is 9.59 Å². The van der Waals surface area contributed by atoms with Gasteiger partial charge in [-0.2, -0.15) is 0 Å². The fraction of sp³-hybridized carbons (Fsp3) is 0.200. The maximum Gasteiger partial charge on any atom is 0.317 e. The van der Waals surface area contributed by atoms with Crippen LogP contribution < -0.4 is 10.6 Å². The Morgan fingerprint density at radius 2 is 1.45 bits per heavy atom. The molecule has 1 unspecified atom stereocenters. The number of hydrogen-bond donors (Lipinski definition) is 2. The Morgan fingerprint density at radius 3 is 2.10 bits per heavy atom. The van der Waals surface area contributed by atoms with Crippen LogP contribution in [0.15, 0.2) is 84.9 Å². The number of amides is 3. The molecule has 0 saturated heterocycles. The number of nitrogens with zero attached hydrogens (tertiary/aromatic N) is 1. The standard InChI is InChI=1S/C25H26ClN3O2/c1-29(18-19-8-4-2-5-9-19)25(31)27-17-16-23(30)28-24(20-10-6-3-7-11-20)21-12-14-22(26)15-13-21/h2-15,24H,16-18H2,1H3,(H,27,31)(H,28,30). The van der Waals surface area contributed by atoms with Crippen LogP contribution in [0, 0.1) is 0 Å². The van der Waals surface area contributed by atoms with Gasteiger partial charge in [0, 0.05) is 31.6 Å². The zero-order valence-electron chi connectivity index (χ0n) is 17.4. The van der Waals surface area contributed by atoms with E-state index in [-0.39, 0.29) is 30.9 Å². The molecule has 6 heteroatoms. The maximum atomic E-state index is 12.6. The second-order valence-electron chi connectivity index (χ2n) is 7.29. The van der Waals surface area contributed by atoms with E-state index in [2.05, 4.69) is 10.6 Å². The summed E-state index contributed by atoms with van der Waals surface area (Å²) in [7, 11) is 1.73. The molecule has 0 aromatic heterocycles. The molecule has 3 aromatic rings. The topological polar surface area (TPSA) is 61.4 Å². The Bertz CT molecular complexity index is 979. The summed E-state index contributed by atoms with van der Waals surface area (Å²) in [6.45, 7) is 0.761. The molecule has 160 valence electrons. The normalized spacial score (nSPS) is 11.4. The second kappa shape index (κ2) is 11.2.